The fourth-order valence-electron chi connectivity index (χ4n) is 1.86. The molecule has 0 saturated heterocycles. The number of hydrogen-bond donors (Lipinski definition) is 1. The minimum absolute atomic E-state index is 0.145. The fraction of sp³-hybridized carbons (Fsp3) is 0.0714. The van der Waals surface area contributed by atoms with Crippen LogP contribution in [-0.2, 0) is 0 Å². The second kappa shape index (κ2) is 5.87. The summed E-state index contributed by atoms with van der Waals surface area (Å²) in [6, 6.07) is 12.9. The van der Waals surface area contributed by atoms with E-state index in [0.717, 1.165) is 15.0 Å². The van der Waals surface area contributed by atoms with Crippen molar-refractivity contribution in [2.45, 2.75) is 6.04 Å². The third kappa shape index (κ3) is 2.98. The lowest BCUT2D eigenvalue weighted by Crippen LogP contribution is -2.11. The van der Waals surface area contributed by atoms with Gasteiger partial charge < -0.3 is 9.73 Å². The molecule has 20 heavy (non-hydrogen) atoms. The second-order valence-corrected chi connectivity index (χ2v) is 6.21. The Balaban J connectivity index is 1.94. The summed E-state index contributed by atoms with van der Waals surface area (Å²) in [5.41, 5.74) is 0. The van der Waals surface area contributed by atoms with E-state index >= 15 is 0 Å². The van der Waals surface area contributed by atoms with Crippen LogP contribution in [0, 0.1) is 0 Å². The Morgan fingerprint density at radius 2 is 2.00 bits per heavy atom. The molecule has 0 spiro atoms. The quantitative estimate of drug-likeness (QED) is 0.666. The van der Waals surface area contributed by atoms with Crippen molar-refractivity contribution in [1.82, 2.24) is 4.98 Å². The normalized spacial score (nSPS) is 12.3. The van der Waals surface area contributed by atoms with E-state index in [0.29, 0.717) is 11.0 Å². The lowest BCUT2D eigenvalue weighted by molar-refractivity contribution is 0.500. The van der Waals surface area contributed by atoms with Crippen LogP contribution in [0.25, 0.3) is 0 Å². The molecule has 0 aliphatic rings. The Kier molecular flexibility index (Phi) is 3.96. The van der Waals surface area contributed by atoms with Crippen LogP contribution in [0.4, 0.5) is 5.82 Å². The summed E-state index contributed by atoms with van der Waals surface area (Å²) in [5.74, 6) is 1.48. The summed E-state index contributed by atoms with van der Waals surface area (Å²) in [7, 11) is 0. The van der Waals surface area contributed by atoms with E-state index in [4.69, 9.17) is 27.6 Å². The summed E-state index contributed by atoms with van der Waals surface area (Å²) >= 11 is 13.4. The van der Waals surface area contributed by atoms with Crippen LogP contribution in [0.1, 0.15) is 16.7 Å². The van der Waals surface area contributed by atoms with Gasteiger partial charge in [0.2, 0.25) is 0 Å². The van der Waals surface area contributed by atoms with Gasteiger partial charge in [-0.1, -0.05) is 29.3 Å². The van der Waals surface area contributed by atoms with E-state index in [2.05, 4.69) is 10.3 Å². The predicted octanol–water partition coefficient (Wildman–Crippen LogP) is 5.24. The number of hydrogen-bond acceptors (Lipinski definition) is 4. The van der Waals surface area contributed by atoms with Crippen molar-refractivity contribution in [1.29, 1.82) is 0 Å². The number of aromatic nitrogens is 1. The van der Waals surface area contributed by atoms with Gasteiger partial charge in [0.1, 0.15) is 22.8 Å². The second-order valence-electron chi connectivity index (χ2n) is 4.08. The van der Waals surface area contributed by atoms with Crippen molar-refractivity contribution in [3.05, 3.63) is 68.9 Å². The van der Waals surface area contributed by atoms with Crippen molar-refractivity contribution >= 4 is 40.4 Å². The first-order valence-corrected chi connectivity index (χ1v) is 7.47. The lowest BCUT2D eigenvalue weighted by Gasteiger charge is -2.15. The predicted molar refractivity (Wildman–Crippen MR) is 82.7 cm³/mol. The molecule has 0 aromatic carbocycles. The molecule has 3 aromatic rings. The summed E-state index contributed by atoms with van der Waals surface area (Å²) in [5, 5.41) is 3.76. The number of nitrogens with one attached hydrogen (secondary N) is 1. The molecular weight excluding hydrogens is 315 g/mol. The molecular formula is C14H10Cl2N2OS. The van der Waals surface area contributed by atoms with E-state index in [9.17, 15) is 0 Å². The van der Waals surface area contributed by atoms with Gasteiger partial charge in [0, 0.05) is 4.88 Å². The topological polar surface area (TPSA) is 38.1 Å². The highest BCUT2D eigenvalue weighted by Crippen LogP contribution is 2.33. The molecule has 0 radical (unpaired) electrons. The van der Waals surface area contributed by atoms with Gasteiger partial charge >= 0.3 is 0 Å². The van der Waals surface area contributed by atoms with Crippen molar-refractivity contribution in [3.8, 4) is 0 Å². The van der Waals surface area contributed by atoms with Crippen LogP contribution in [0.15, 0.2) is 53.1 Å². The molecule has 0 aliphatic heterocycles. The van der Waals surface area contributed by atoms with E-state index in [-0.39, 0.29) is 6.04 Å². The van der Waals surface area contributed by atoms with Crippen molar-refractivity contribution in [2.75, 3.05) is 5.32 Å². The molecule has 0 aliphatic carbocycles. The van der Waals surface area contributed by atoms with Crippen LogP contribution >= 0.6 is 34.5 Å². The van der Waals surface area contributed by atoms with Gasteiger partial charge in [0.15, 0.2) is 0 Å². The summed E-state index contributed by atoms with van der Waals surface area (Å²) in [6.45, 7) is 0. The third-order valence-electron chi connectivity index (χ3n) is 2.71. The van der Waals surface area contributed by atoms with Gasteiger partial charge in [-0.3, -0.25) is 0 Å². The zero-order chi connectivity index (χ0) is 13.9. The number of pyridine rings is 1. The standard InChI is InChI=1S/C14H10Cl2N2OS/c15-11-4-1-5-13(17-11)18-14(9-3-2-8-19-9)10-6-7-12(16)20-10/h1-8,14H,(H,17,18). The van der Waals surface area contributed by atoms with E-state index in [1.165, 1.54) is 11.3 Å². The van der Waals surface area contributed by atoms with Crippen molar-refractivity contribution < 1.29 is 4.42 Å². The highest BCUT2D eigenvalue weighted by molar-refractivity contribution is 7.16. The first-order valence-electron chi connectivity index (χ1n) is 5.90. The van der Waals surface area contributed by atoms with Crippen LogP contribution in [0.2, 0.25) is 9.49 Å². The van der Waals surface area contributed by atoms with Crippen LogP contribution in [0.5, 0.6) is 0 Å². The number of nitrogens with zero attached hydrogens (tertiary/aromatic N) is 1. The monoisotopic (exact) mass is 324 g/mol. The number of rotatable bonds is 4. The molecule has 1 N–H and O–H groups in total. The minimum Gasteiger partial charge on any atom is -0.467 e. The zero-order valence-corrected chi connectivity index (χ0v) is 12.5. The Labute approximate surface area is 130 Å². The number of furan rings is 1. The molecule has 1 unspecified atom stereocenters. The highest BCUT2D eigenvalue weighted by Gasteiger charge is 2.19. The van der Waals surface area contributed by atoms with Gasteiger partial charge in [0.25, 0.3) is 0 Å². The molecule has 3 nitrogen and oxygen atoms in total. The fourth-order valence-corrected chi connectivity index (χ4v) is 3.14. The molecule has 102 valence electrons. The molecule has 6 heteroatoms. The first-order chi connectivity index (χ1) is 9.72. The minimum atomic E-state index is -0.145. The maximum absolute atomic E-state index is 6.02. The number of thiophene rings is 1. The molecule has 0 fully saturated rings. The first kappa shape index (κ1) is 13.5. The Hall–Kier alpha value is -1.49. The van der Waals surface area contributed by atoms with Gasteiger partial charge in [-0.15, -0.1) is 11.3 Å². The molecule has 1 atom stereocenters. The average molecular weight is 325 g/mol. The molecule has 3 rings (SSSR count). The SMILES string of the molecule is Clc1cccc(NC(c2ccco2)c2ccc(Cl)s2)n1. The number of halogens is 2. The summed E-state index contributed by atoms with van der Waals surface area (Å²) in [4.78, 5) is 5.29. The van der Waals surface area contributed by atoms with Gasteiger partial charge in [-0.05, 0) is 36.4 Å². The van der Waals surface area contributed by atoms with E-state index < -0.39 is 0 Å². The Morgan fingerprint density at radius 3 is 2.65 bits per heavy atom. The molecule has 0 bridgehead atoms. The Bertz CT molecular complexity index is 697. The maximum Gasteiger partial charge on any atom is 0.131 e. The number of anilines is 1. The molecule has 0 saturated carbocycles. The highest BCUT2D eigenvalue weighted by atomic mass is 35.5. The van der Waals surface area contributed by atoms with Gasteiger partial charge in [0.05, 0.1) is 10.6 Å². The third-order valence-corrected chi connectivity index (χ3v) is 4.22. The maximum atomic E-state index is 6.02. The van der Waals surface area contributed by atoms with Crippen molar-refractivity contribution in [2.24, 2.45) is 0 Å². The van der Waals surface area contributed by atoms with Crippen molar-refractivity contribution in [3.63, 3.8) is 0 Å². The zero-order valence-electron chi connectivity index (χ0n) is 10.2. The molecule has 3 aromatic heterocycles. The molecule has 0 amide bonds. The average Bonchev–Trinajstić information content (AvgIpc) is 3.07. The van der Waals surface area contributed by atoms with Crippen LogP contribution < -0.4 is 5.32 Å². The summed E-state index contributed by atoms with van der Waals surface area (Å²) < 4.78 is 6.24. The van der Waals surface area contributed by atoms with Crippen LogP contribution in [0.3, 0.4) is 0 Å². The smallest absolute Gasteiger partial charge is 0.131 e. The Morgan fingerprint density at radius 1 is 1.10 bits per heavy atom. The van der Waals surface area contributed by atoms with Gasteiger partial charge in [-0.2, -0.15) is 0 Å². The van der Waals surface area contributed by atoms with E-state index in [1.54, 1.807) is 12.3 Å². The van der Waals surface area contributed by atoms with Gasteiger partial charge in [-0.25, -0.2) is 4.98 Å². The lowest BCUT2D eigenvalue weighted by atomic mass is 10.2. The summed E-state index contributed by atoms with van der Waals surface area (Å²) in [6.07, 6.45) is 1.64. The van der Waals surface area contributed by atoms with Crippen LogP contribution in [-0.4, -0.2) is 4.98 Å². The van der Waals surface area contributed by atoms with E-state index in [1.807, 2.05) is 36.4 Å². The molecule has 3 heterocycles. The largest absolute Gasteiger partial charge is 0.467 e.